The molecule has 226 valence electrons. The van der Waals surface area contributed by atoms with Gasteiger partial charge in [-0.2, -0.15) is 0 Å². The van der Waals surface area contributed by atoms with Gasteiger partial charge in [-0.1, -0.05) is 187 Å². The Balaban J connectivity index is 3.21. The highest BCUT2D eigenvalue weighted by Gasteiger charge is 2.01. The summed E-state index contributed by atoms with van der Waals surface area (Å²) in [6.07, 6.45) is 45.0. The molecule has 0 bridgehead atoms. The quantitative estimate of drug-likeness (QED) is 0.0487. The lowest BCUT2D eigenvalue weighted by atomic mass is 10.0. The van der Waals surface area contributed by atoms with E-state index in [4.69, 9.17) is 4.74 Å². The molecule has 0 spiro atoms. The molecule has 2 heteroatoms. The van der Waals surface area contributed by atoms with Crippen LogP contribution in [0.3, 0.4) is 0 Å². The summed E-state index contributed by atoms with van der Waals surface area (Å²) in [4.78, 5) is 11.9. The van der Waals surface area contributed by atoms with Crippen molar-refractivity contribution in [3.05, 3.63) is 12.3 Å². The van der Waals surface area contributed by atoms with Gasteiger partial charge in [-0.15, -0.1) is 0 Å². The van der Waals surface area contributed by atoms with Crippen molar-refractivity contribution in [3.8, 4) is 0 Å². The first-order valence-electron chi connectivity index (χ1n) is 17.7. The van der Waals surface area contributed by atoms with E-state index in [9.17, 15) is 4.79 Å². The molecule has 0 atom stereocenters. The van der Waals surface area contributed by atoms with Crippen LogP contribution in [0.5, 0.6) is 0 Å². The van der Waals surface area contributed by atoms with Crippen LogP contribution >= 0.6 is 0 Å². The minimum absolute atomic E-state index is 0.0584. The second kappa shape index (κ2) is 34.2. The van der Waals surface area contributed by atoms with Gasteiger partial charge in [0.05, 0.1) is 6.26 Å². The summed E-state index contributed by atoms with van der Waals surface area (Å²) in [7, 11) is 0. The molecule has 0 heterocycles. The lowest BCUT2D eigenvalue weighted by molar-refractivity contribution is -0.138. The second-order valence-electron chi connectivity index (χ2n) is 11.9. The first-order valence-corrected chi connectivity index (χ1v) is 17.7. The molecular weight excluding hydrogens is 464 g/mol. The molecule has 0 fully saturated rings. The maximum absolute atomic E-state index is 11.9. The lowest BCUT2D eigenvalue weighted by Crippen LogP contribution is -1.98. The number of esters is 1. The van der Waals surface area contributed by atoms with Crippen LogP contribution in [0.15, 0.2) is 12.3 Å². The summed E-state index contributed by atoms with van der Waals surface area (Å²) in [6, 6.07) is 0. The van der Waals surface area contributed by atoms with Crippen molar-refractivity contribution in [1.29, 1.82) is 0 Å². The van der Waals surface area contributed by atoms with E-state index < -0.39 is 0 Å². The van der Waals surface area contributed by atoms with Crippen molar-refractivity contribution in [2.45, 2.75) is 213 Å². The average Bonchev–Trinajstić information content (AvgIpc) is 2.92. The molecule has 0 aromatic rings. The zero-order chi connectivity index (χ0) is 27.6. The maximum atomic E-state index is 11.9. The third-order valence-corrected chi connectivity index (χ3v) is 8.00. The minimum Gasteiger partial charge on any atom is -0.435 e. The summed E-state index contributed by atoms with van der Waals surface area (Å²) in [5, 5.41) is 0. The molecule has 0 saturated heterocycles. The molecule has 0 unspecified atom stereocenters. The monoisotopic (exact) mass is 535 g/mol. The number of hydrogen-bond acceptors (Lipinski definition) is 2. The van der Waals surface area contributed by atoms with Gasteiger partial charge in [-0.3, -0.25) is 4.79 Å². The van der Waals surface area contributed by atoms with Crippen LogP contribution in [-0.2, 0) is 9.53 Å². The smallest absolute Gasteiger partial charge is 0.310 e. The van der Waals surface area contributed by atoms with Crippen LogP contribution in [0, 0.1) is 0 Å². The minimum atomic E-state index is -0.0584. The summed E-state index contributed by atoms with van der Waals surface area (Å²) < 4.78 is 5.26. The van der Waals surface area contributed by atoms with Crippen LogP contribution in [-0.4, -0.2) is 5.97 Å². The Morgan fingerprint density at radius 2 is 0.711 bits per heavy atom. The summed E-state index contributed by atoms with van der Waals surface area (Å²) >= 11 is 0. The van der Waals surface area contributed by atoms with Crippen molar-refractivity contribution < 1.29 is 9.53 Å². The molecular formula is C36H70O2. The van der Waals surface area contributed by atoms with Crippen LogP contribution in [0.25, 0.3) is 0 Å². The summed E-state index contributed by atoms with van der Waals surface area (Å²) in [5.41, 5.74) is 0. The van der Waals surface area contributed by atoms with E-state index >= 15 is 0 Å². The number of rotatable bonds is 32. The highest BCUT2D eigenvalue weighted by atomic mass is 16.5. The van der Waals surface area contributed by atoms with Gasteiger partial charge in [0, 0.05) is 6.42 Å². The van der Waals surface area contributed by atoms with E-state index in [1.165, 1.54) is 173 Å². The molecule has 0 radical (unpaired) electrons. The predicted molar refractivity (Wildman–Crippen MR) is 170 cm³/mol. The van der Waals surface area contributed by atoms with Crippen molar-refractivity contribution in [1.82, 2.24) is 0 Å². The number of carbonyl (C=O) groups excluding carboxylic acids is 1. The fourth-order valence-electron chi connectivity index (χ4n) is 5.35. The highest BCUT2D eigenvalue weighted by molar-refractivity contribution is 5.69. The van der Waals surface area contributed by atoms with E-state index in [1.54, 1.807) is 6.26 Å². The molecule has 0 aliphatic heterocycles. The third kappa shape index (κ3) is 33.2. The molecule has 2 nitrogen and oxygen atoms in total. The zero-order valence-electron chi connectivity index (χ0n) is 26.4. The van der Waals surface area contributed by atoms with Crippen LogP contribution in [0.2, 0.25) is 0 Å². The van der Waals surface area contributed by atoms with Gasteiger partial charge in [0.2, 0.25) is 0 Å². The zero-order valence-corrected chi connectivity index (χ0v) is 26.4. The summed E-state index contributed by atoms with van der Waals surface area (Å²) in [6.45, 7) is 4.57. The lowest BCUT2D eigenvalue weighted by Gasteiger charge is -2.03. The molecule has 0 aliphatic carbocycles. The fourth-order valence-corrected chi connectivity index (χ4v) is 5.35. The number of unbranched alkanes of at least 4 members (excludes halogenated alkanes) is 28. The first-order chi connectivity index (χ1) is 18.8. The molecule has 0 aliphatic rings. The Morgan fingerprint density at radius 3 is 1.05 bits per heavy atom. The van der Waals surface area contributed by atoms with Gasteiger partial charge in [0.15, 0.2) is 0 Å². The first kappa shape index (κ1) is 37.2. The maximum Gasteiger partial charge on any atom is 0.310 e. The predicted octanol–water partition coefficient (Wildman–Crippen LogP) is 13.2. The van der Waals surface area contributed by atoms with E-state index in [0.29, 0.717) is 6.42 Å². The second-order valence-corrected chi connectivity index (χ2v) is 11.9. The third-order valence-electron chi connectivity index (χ3n) is 8.00. The van der Waals surface area contributed by atoms with E-state index in [2.05, 4.69) is 13.8 Å². The summed E-state index contributed by atoms with van der Waals surface area (Å²) in [5.74, 6) is -0.0584. The van der Waals surface area contributed by atoms with E-state index in [0.717, 1.165) is 19.3 Å². The molecule has 0 amide bonds. The van der Waals surface area contributed by atoms with Gasteiger partial charge in [0.1, 0.15) is 0 Å². The molecule has 0 N–H and O–H groups in total. The van der Waals surface area contributed by atoms with Gasteiger partial charge in [-0.05, 0) is 25.3 Å². The number of carbonyl (C=O) groups is 1. The van der Waals surface area contributed by atoms with Crippen LogP contribution in [0.1, 0.15) is 213 Å². The van der Waals surface area contributed by atoms with Crippen LogP contribution in [0.4, 0.5) is 0 Å². The molecule has 0 aromatic carbocycles. The normalized spacial score (nSPS) is 11.5. The van der Waals surface area contributed by atoms with Gasteiger partial charge in [-0.25, -0.2) is 0 Å². The number of allylic oxidation sites excluding steroid dienone is 1. The standard InChI is InChI=1S/C36H70O2/c1-3-5-7-9-11-13-15-17-19-21-23-25-27-29-31-33-35-38-36(37)34-32-30-28-26-24-22-20-18-16-14-12-10-8-6-4-2/h33,35H,3-32,34H2,1-2H3. The largest absolute Gasteiger partial charge is 0.435 e. The Kier molecular flexibility index (Phi) is 33.5. The Bertz CT molecular complexity index is 470. The van der Waals surface area contributed by atoms with E-state index in [1.807, 2.05) is 6.08 Å². The Labute approximate surface area is 240 Å². The van der Waals surface area contributed by atoms with Crippen molar-refractivity contribution in [2.75, 3.05) is 0 Å². The van der Waals surface area contributed by atoms with Gasteiger partial charge < -0.3 is 4.74 Å². The molecule has 0 rings (SSSR count). The van der Waals surface area contributed by atoms with Crippen molar-refractivity contribution in [3.63, 3.8) is 0 Å². The van der Waals surface area contributed by atoms with Crippen molar-refractivity contribution >= 4 is 5.97 Å². The molecule has 0 aromatic heterocycles. The van der Waals surface area contributed by atoms with Gasteiger partial charge in [0.25, 0.3) is 0 Å². The average molecular weight is 535 g/mol. The topological polar surface area (TPSA) is 26.3 Å². The van der Waals surface area contributed by atoms with E-state index in [-0.39, 0.29) is 5.97 Å². The van der Waals surface area contributed by atoms with Gasteiger partial charge >= 0.3 is 5.97 Å². The highest BCUT2D eigenvalue weighted by Crippen LogP contribution is 2.15. The van der Waals surface area contributed by atoms with Crippen molar-refractivity contribution in [2.24, 2.45) is 0 Å². The SMILES string of the molecule is CCCCCCCCCCCCCCCCC=COC(=O)CCCCCCCCCCCCCCCCC. The number of ether oxygens (including phenoxy) is 1. The Hall–Kier alpha value is -0.790. The molecule has 38 heavy (non-hydrogen) atoms. The Morgan fingerprint density at radius 1 is 0.421 bits per heavy atom. The molecule has 0 saturated carbocycles. The van der Waals surface area contributed by atoms with Crippen LogP contribution < -0.4 is 0 Å². The number of hydrogen-bond donors (Lipinski definition) is 0. The fraction of sp³-hybridized carbons (Fsp3) is 0.917.